The van der Waals surface area contributed by atoms with Crippen LogP contribution in [0.4, 0.5) is 0 Å². The molecule has 0 spiro atoms. The van der Waals surface area contributed by atoms with Crippen molar-refractivity contribution in [2.24, 2.45) is 11.1 Å². The highest BCUT2D eigenvalue weighted by Crippen LogP contribution is 2.22. The summed E-state index contributed by atoms with van der Waals surface area (Å²) in [5, 5.41) is 0. The zero-order valence-corrected chi connectivity index (χ0v) is 12.3. The van der Waals surface area contributed by atoms with Crippen molar-refractivity contribution in [1.29, 1.82) is 0 Å². The Kier molecular flexibility index (Phi) is 5.32. The van der Waals surface area contributed by atoms with Gasteiger partial charge < -0.3 is 10.6 Å². The predicted molar refractivity (Wildman–Crippen MR) is 75.2 cm³/mol. The smallest absolute Gasteiger partial charge is 0.224 e. The molecular formula is C13H26N2OS. The van der Waals surface area contributed by atoms with Gasteiger partial charge in [0.15, 0.2) is 0 Å². The lowest BCUT2D eigenvalue weighted by molar-refractivity contribution is -0.133. The number of nitrogens with two attached hydrogens (primary N) is 1. The summed E-state index contributed by atoms with van der Waals surface area (Å²) in [4.78, 5) is 14.1. The van der Waals surface area contributed by atoms with Gasteiger partial charge in [-0.2, -0.15) is 11.8 Å². The van der Waals surface area contributed by atoms with Gasteiger partial charge in [0, 0.05) is 36.6 Å². The first kappa shape index (κ1) is 14.8. The van der Waals surface area contributed by atoms with Gasteiger partial charge in [0.25, 0.3) is 0 Å². The van der Waals surface area contributed by atoms with Crippen LogP contribution in [0.2, 0.25) is 0 Å². The summed E-state index contributed by atoms with van der Waals surface area (Å²) in [7, 11) is 0. The number of thioether (sulfide) groups is 1. The molecule has 0 aromatic heterocycles. The van der Waals surface area contributed by atoms with Gasteiger partial charge >= 0.3 is 0 Å². The Hall–Kier alpha value is -0.220. The van der Waals surface area contributed by atoms with Crippen LogP contribution in [0.15, 0.2) is 0 Å². The van der Waals surface area contributed by atoms with Crippen LogP contribution in [0, 0.1) is 5.41 Å². The van der Waals surface area contributed by atoms with E-state index in [0.29, 0.717) is 12.5 Å². The Morgan fingerprint density at radius 1 is 1.53 bits per heavy atom. The average Bonchev–Trinajstić information content (AvgIpc) is 2.14. The third-order valence-corrected chi connectivity index (χ3v) is 4.19. The fraction of sp³-hybridized carbons (Fsp3) is 0.923. The van der Waals surface area contributed by atoms with E-state index in [1.165, 1.54) is 0 Å². The van der Waals surface area contributed by atoms with Gasteiger partial charge in [-0.15, -0.1) is 0 Å². The number of carbonyl (C=O) groups is 1. The number of hydrogen-bond donors (Lipinski definition) is 1. The molecule has 0 radical (unpaired) electrons. The summed E-state index contributed by atoms with van der Waals surface area (Å²) >= 11 is 1.93. The molecular weight excluding hydrogens is 232 g/mol. The van der Waals surface area contributed by atoms with Crippen molar-refractivity contribution in [3.8, 4) is 0 Å². The molecule has 1 aliphatic rings. The van der Waals surface area contributed by atoms with Crippen molar-refractivity contribution in [1.82, 2.24) is 4.90 Å². The predicted octanol–water partition coefficient (Wildman–Crippen LogP) is 2.10. The van der Waals surface area contributed by atoms with Crippen LogP contribution >= 0.6 is 11.8 Å². The molecule has 4 heteroatoms. The van der Waals surface area contributed by atoms with E-state index in [1.807, 2.05) is 16.7 Å². The van der Waals surface area contributed by atoms with Crippen molar-refractivity contribution in [2.75, 3.05) is 18.1 Å². The normalized spacial score (nSPS) is 23.6. The second-order valence-electron chi connectivity index (χ2n) is 6.24. The van der Waals surface area contributed by atoms with Crippen LogP contribution in [0.3, 0.4) is 0 Å². The van der Waals surface area contributed by atoms with Crippen LogP contribution < -0.4 is 5.73 Å². The molecule has 0 aromatic rings. The molecule has 0 aromatic carbocycles. The topological polar surface area (TPSA) is 46.3 Å². The molecule has 1 saturated heterocycles. The second-order valence-corrected chi connectivity index (χ2v) is 7.39. The van der Waals surface area contributed by atoms with Crippen molar-refractivity contribution in [3.63, 3.8) is 0 Å². The largest absolute Gasteiger partial charge is 0.338 e. The van der Waals surface area contributed by atoms with E-state index in [1.54, 1.807) is 0 Å². The monoisotopic (exact) mass is 258 g/mol. The molecule has 0 saturated carbocycles. The zero-order chi connectivity index (χ0) is 13.1. The lowest BCUT2D eigenvalue weighted by atomic mass is 9.87. The first-order valence-corrected chi connectivity index (χ1v) is 7.58. The molecule has 1 fully saturated rings. The Morgan fingerprint density at radius 3 is 2.71 bits per heavy atom. The minimum absolute atomic E-state index is 0.00993. The maximum absolute atomic E-state index is 12.1. The fourth-order valence-electron chi connectivity index (χ4n) is 2.30. The third kappa shape index (κ3) is 5.30. The van der Waals surface area contributed by atoms with Crippen LogP contribution in [0.1, 0.15) is 40.5 Å². The zero-order valence-electron chi connectivity index (χ0n) is 11.5. The first-order valence-electron chi connectivity index (χ1n) is 6.42. The summed E-state index contributed by atoms with van der Waals surface area (Å²) in [5.74, 6) is 2.35. The fourth-order valence-corrected chi connectivity index (χ4v) is 3.31. The van der Waals surface area contributed by atoms with E-state index in [2.05, 4.69) is 27.7 Å². The highest BCUT2D eigenvalue weighted by molar-refractivity contribution is 7.99. The molecule has 2 unspecified atom stereocenters. The number of carbonyl (C=O) groups excluding carboxylic acids is 1. The molecule has 0 bridgehead atoms. The molecule has 1 rings (SSSR count). The van der Waals surface area contributed by atoms with Gasteiger partial charge in [0.05, 0.1) is 0 Å². The quantitative estimate of drug-likeness (QED) is 0.843. The molecule has 17 heavy (non-hydrogen) atoms. The van der Waals surface area contributed by atoms with Gasteiger partial charge in [-0.05, 0) is 18.8 Å². The number of rotatable bonds is 3. The molecule has 3 nitrogen and oxygen atoms in total. The van der Waals surface area contributed by atoms with Crippen molar-refractivity contribution in [3.05, 3.63) is 0 Å². The number of hydrogen-bond acceptors (Lipinski definition) is 3. The van der Waals surface area contributed by atoms with E-state index in [4.69, 9.17) is 5.73 Å². The number of amides is 1. The van der Waals surface area contributed by atoms with Crippen molar-refractivity contribution < 1.29 is 4.79 Å². The van der Waals surface area contributed by atoms with E-state index in [9.17, 15) is 4.79 Å². The molecule has 100 valence electrons. The first-order chi connectivity index (χ1) is 7.79. The molecule has 1 amide bonds. The van der Waals surface area contributed by atoms with E-state index in [-0.39, 0.29) is 17.4 Å². The summed E-state index contributed by atoms with van der Waals surface area (Å²) in [6, 6.07) is 0.354. The van der Waals surface area contributed by atoms with Crippen LogP contribution in [0.25, 0.3) is 0 Å². The highest BCUT2D eigenvalue weighted by atomic mass is 32.2. The van der Waals surface area contributed by atoms with Gasteiger partial charge in [-0.25, -0.2) is 0 Å². The van der Waals surface area contributed by atoms with E-state index < -0.39 is 0 Å². The lowest BCUT2D eigenvalue weighted by Crippen LogP contribution is -2.46. The minimum Gasteiger partial charge on any atom is -0.338 e. The molecule has 1 aliphatic heterocycles. The summed E-state index contributed by atoms with van der Waals surface area (Å²) in [5.41, 5.74) is 6.26. The maximum Gasteiger partial charge on any atom is 0.224 e. The second kappa shape index (κ2) is 6.10. The molecule has 0 aliphatic carbocycles. The Bertz CT molecular complexity index is 263. The minimum atomic E-state index is -0.00993. The van der Waals surface area contributed by atoms with Crippen molar-refractivity contribution >= 4 is 17.7 Å². The summed E-state index contributed by atoms with van der Waals surface area (Å²) in [6.45, 7) is 9.50. The van der Waals surface area contributed by atoms with E-state index >= 15 is 0 Å². The lowest BCUT2D eigenvalue weighted by Gasteiger charge is -2.34. The Balaban J connectivity index is 2.42. The van der Waals surface area contributed by atoms with Crippen LogP contribution in [-0.4, -0.2) is 40.9 Å². The molecule has 2 N–H and O–H groups in total. The van der Waals surface area contributed by atoms with Gasteiger partial charge in [0.2, 0.25) is 5.91 Å². The summed E-state index contributed by atoms with van der Waals surface area (Å²) < 4.78 is 0. The van der Waals surface area contributed by atoms with Crippen LogP contribution in [-0.2, 0) is 4.79 Å². The van der Waals surface area contributed by atoms with Crippen molar-refractivity contribution in [2.45, 2.75) is 52.6 Å². The average molecular weight is 258 g/mol. The third-order valence-electron chi connectivity index (χ3n) is 3.00. The maximum atomic E-state index is 12.1. The highest BCUT2D eigenvalue weighted by Gasteiger charge is 2.26. The Morgan fingerprint density at radius 2 is 2.18 bits per heavy atom. The van der Waals surface area contributed by atoms with Crippen LogP contribution in [0.5, 0.6) is 0 Å². The standard InChI is InChI=1S/C13H26N2OS/c1-10-9-17-6-5-15(10)12(16)7-11(14)8-13(2,3)4/h10-11H,5-9,14H2,1-4H3. The number of nitrogens with zero attached hydrogens (tertiary/aromatic N) is 1. The van der Waals surface area contributed by atoms with Gasteiger partial charge in [-0.3, -0.25) is 4.79 Å². The Labute approximate surface area is 109 Å². The summed E-state index contributed by atoms with van der Waals surface area (Å²) in [6.07, 6.45) is 1.39. The molecule has 1 heterocycles. The molecule has 2 atom stereocenters. The van der Waals surface area contributed by atoms with Gasteiger partial charge in [0.1, 0.15) is 0 Å². The SMILES string of the molecule is CC1CSCCN1C(=O)CC(N)CC(C)(C)C. The van der Waals surface area contributed by atoms with E-state index in [0.717, 1.165) is 24.5 Å². The van der Waals surface area contributed by atoms with Gasteiger partial charge in [-0.1, -0.05) is 20.8 Å².